The van der Waals surface area contributed by atoms with Crippen LogP contribution >= 0.6 is 0 Å². The van der Waals surface area contributed by atoms with E-state index in [0.717, 1.165) is 30.0 Å². The molecule has 0 spiro atoms. The second-order valence-electron chi connectivity index (χ2n) is 5.75. The number of carbonyl (C=O) groups excluding carboxylic acids is 1. The predicted molar refractivity (Wildman–Crippen MR) is 96.9 cm³/mol. The van der Waals surface area contributed by atoms with Gasteiger partial charge in [0.1, 0.15) is 11.5 Å². The fourth-order valence-corrected chi connectivity index (χ4v) is 2.55. The van der Waals surface area contributed by atoms with E-state index in [1.165, 1.54) is 11.6 Å². The van der Waals surface area contributed by atoms with Crippen LogP contribution in [-0.2, 0) is 13.1 Å². The number of rotatable bonds is 7. The van der Waals surface area contributed by atoms with Crippen LogP contribution in [0.1, 0.15) is 21.7 Å². The highest BCUT2D eigenvalue weighted by Gasteiger charge is 2.11. The van der Waals surface area contributed by atoms with Gasteiger partial charge in [0.15, 0.2) is 5.76 Å². The summed E-state index contributed by atoms with van der Waals surface area (Å²) in [5, 5.41) is 12.0. The molecule has 26 heavy (non-hydrogen) atoms. The average Bonchev–Trinajstić information content (AvgIpc) is 3.19. The van der Waals surface area contributed by atoms with Crippen LogP contribution in [0.15, 0.2) is 65.1 Å². The van der Waals surface area contributed by atoms with Crippen LogP contribution in [0.5, 0.6) is 5.75 Å². The number of carbonyl (C=O) groups is 1. The van der Waals surface area contributed by atoms with Crippen molar-refractivity contribution in [3.63, 3.8) is 0 Å². The Bertz CT molecular complexity index is 854. The molecule has 1 amide bonds. The fourth-order valence-electron chi connectivity index (χ4n) is 2.55. The minimum Gasteiger partial charge on any atom is -0.497 e. The zero-order valence-electron chi connectivity index (χ0n) is 14.4. The van der Waals surface area contributed by atoms with E-state index in [1.54, 1.807) is 18.7 Å². The maximum Gasteiger partial charge on any atom is 0.310 e. The molecule has 3 rings (SSSR count). The summed E-state index contributed by atoms with van der Waals surface area (Å²) >= 11 is 0. The Morgan fingerprint density at radius 2 is 1.58 bits per heavy atom. The lowest BCUT2D eigenvalue weighted by molar-refractivity contribution is 0.0677. The summed E-state index contributed by atoms with van der Waals surface area (Å²) in [6, 6.07) is 19.1. The SMILES string of the molecule is COc1ccc(CNCc2ccc(-c3ccc(C(=O)NO)o3)cc2)cc1. The smallest absolute Gasteiger partial charge is 0.310 e. The van der Waals surface area contributed by atoms with Gasteiger partial charge < -0.3 is 14.5 Å². The van der Waals surface area contributed by atoms with E-state index in [4.69, 9.17) is 14.4 Å². The lowest BCUT2D eigenvalue weighted by Crippen LogP contribution is -2.17. The van der Waals surface area contributed by atoms with Gasteiger partial charge in [-0.2, -0.15) is 0 Å². The summed E-state index contributed by atoms with van der Waals surface area (Å²) in [4.78, 5) is 11.3. The molecule has 0 unspecified atom stereocenters. The summed E-state index contributed by atoms with van der Waals surface area (Å²) in [6.45, 7) is 1.51. The quantitative estimate of drug-likeness (QED) is 0.448. The minimum atomic E-state index is -0.671. The molecular formula is C20H20N2O4. The van der Waals surface area contributed by atoms with Gasteiger partial charge in [-0.25, -0.2) is 5.48 Å². The van der Waals surface area contributed by atoms with E-state index in [1.807, 2.05) is 48.5 Å². The van der Waals surface area contributed by atoms with E-state index in [9.17, 15) is 4.79 Å². The number of nitrogens with one attached hydrogen (secondary N) is 2. The standard InChI is InChI=1S/C20H20N2O4/c1-25-17-8-4-15(5-9-17)13-21-12-14-2-6-16(7-3-14)18-10-11-19(26-18)20(23)22-24/h2-11,21,24H,12-13H2,1H3,(H,22,23). The molecule has 2 aromatic carbocycles. The molecule has 0 saturated carbocycles. The first-order valence-electron chi connectivity index (χ1n) is 8.17. The number of furan rings is 1. The van der Waals surface area contributed by atoms with Crippen LogP contribution in [0, 0.1) is 0 Å². The first-order chi connectivity index (χ1) is 12.7. The average molecular weight is 352 g/mol. The Morgan fingerprint density at radius 1 is 0.962 bits per heavy atom. The van der Waals surface area contributed by atoms with Crippen molar-refractivity contribution < 1.29 is 19.2 Å². The Morgan fingerprint density at radius 3 is 2.15 bits per heavy atom. The minimum absolute atomic E-state index is 0.0627. The number of hydrogen-bond acceptors (Lipinski definition) is 5. The molecule has 0 aliphatic rings. The van der Waals surface area contributed by atoms with Gasteiger partial charge in [-0.05, 0) is 35.4 Å². The van der Waals surface area contributed by atoms with Crippen LogP contribution < -0.4 is 15.5 Å². The molecule has 6 heteroatoms. The highest BCUT2D eigenvalue weighted by atomic mass is 16.5. The van der Waals surface area contributed by atoms with Crippen molar-refractivity contribution in [2.24, 2.45) is 0 Å². The van der Waals surface area contributed by atoms with Crippen molar-refractivity contribution in [1.29, 1.82) is 0 Å². The molecule has 0 aliphatic heterocycles. The molecule has 0 fully saturated rings. The number of hydroxylamine groups is 1. The van der Waals surface area contributed by atoms with Crippen molar-refractivity contribution in [2.75, 3.05) is 7.11 Å². The van der Waals surface area contributed by atoms with Crippen LogP contribution in [0.3, 0.4) is 0 Å². The summed E-state index contributed by atoms with van der Waals surface area (Å²) < 4.78 is 10.6. The fraction of sp³-hybridized carbons (Fsp3) is 0.150. The number of benzene rings is 2. The zero-order chi connectivity index (χ0) is 18.4. The number of ether oxygens (including phenoxy) is 1. The maximum absolute atomic E-state index is 11.3. The van der Waals surface area contributed by atoms with E-state index in [2.05, 4.69) is 5.32 Å². The molecule has 3 N–H and O–H groups in total. The summed E-state index contributed by atoms with van der Waals surface area (Å²) in [5.41, 5.74) is 4.74. The van der Waals surface area contributed by atoms with E-state index < -0.39 is 5.91 Å². The van der Waals surface area contributed by atoms with Gasteiger partial charge >= 0.3 is 5.91 Å². The van der Waals surface area contributed by atoms with Gasteiger partial charge in [0.2, 0.25) is 0 Å². The third kappa shape index (κ3) is 4.30. The van der Waals surface area contributed by atoms with Gasteiger partial charge in [-0.3, -0.25) is 10.0 Å². The molecular weight excluding hydrogens is 332 g/mol. The number of amides is 1. The van der Waals surface area contributed by atoms with Crippen molar-refractivity contribution in [2.45, 2.75) is 13.1 Å². The molecule has 6 nitrogen and oxygen atoms in total. The van der Waals surface area contributed by atoms with Crippen LogP contribution in [0.4, 0.5) is 0 Å². The highest BCUT2D eigenvalue weighted by molar-refractivity contribution is 5.91. The Hall–Kier alpha value is -3.09. The third-order valence-corrected chi connectivity index (χ3v) is 3.99. The third-order valence-electron chi connectivity index (χ3n) is 3.99. The topological polar surface area (TPSA) is 83.7 Å². The molecule has 3 aromatic rings. The van der Waals surface area contributed by atoms with Crippen molar-refractivity contribution >= 4 is 5.91 Å². The molecule has 1 heterocycles. The molecule has 0 saturated heterocycles. The molecule has 1 aromatic heterocycles. The van der Waals surface area contributed by atoms with Crippen molar-refractivity contribution in [3.05, 3.63) is 77.6 Å². The lowest BCUT2D eigenvalue weighted by Gasteiger charge is -2.07. The van der Waals surface area contributed by atoms with E-state index in [0.29, 0.717) is 5.76 Å². The number of methoxy groups -OCH3 is 1. The summed E-state index contributed by atoms with van der Waals surface area (Å²) in [5.74, 6) is 0.812. The molecule has 0 bridgehead atoms. The molecule has 0 radical (unpaired) electrons. The Labute approximate surface area is 151 Å². The van der Waals surface area contributed by atoms with Gasteiger partial charge in [0.05, 0.1) is 7.11 Å². The summed E-state index contributed by atoms with van der Waals surface area (Å²) in [7, 11) is 1.65. The van der Waals surface area contributed by atoms with E-state index in [-0.39, 0.29) is 5.76 Å². The highest BCUT2D eigenvalue weighted by Crippen LogP contribution is 2.22. The van der Waals surface area contributed by atoms with Crippen LogP contribution in [-0.4, -0.2) is 18.2 Å². The van der Waals surface area contributed by atoms with Crippen LogP contribution in [0.25, 0.3) is 11.3 Å². The first kappa shape index (κ1) is 17.7. The second-order valence-corrected chi connectivity index (χ2v) is 5.75. The molecule has 0 atom stereocenters. The Kier molecular flexibility index (Phi) is 5.68. The van der Waals surface area contributed by atoms with Crippen molar-refractivity contribution in [1.82, 2.24) is 10.8 Å². The van der Waals surface area contributed by atoms with Crippen LogP contribution in [0.2, 0.25) is 0 Å². The Balaban J connectivity index is 1.55. The predicted octanol–water partition coefficient (Wildman–Crippen LogP) is 3.36. The van der Waals surface area contributed by atoms with Gasteiger partial charge in [0.25, 0.3) is 0 Å². The van der Waals surface area contributed by atoms with Gasteiger partial charge in [0, 0.05) is 18.7 Å². The van der Waals surface area contributed by atoms with Gasteiger partial charge in [-0.1, -0.05) is 36.4 Å². The number of hydrogen-bond donors (Lipinski definition) is 3. The lowest BCUT2D eigenvalue weighted by atomic mass is 10.1. The molecule has 134 valence electrons. The largest absolute Gasteiger partial charge is 0.497 e. The van der Waals surface area contributed by atoms with E-state index >= 15 is 0 Å². The first-order valence-corrected chi connectivity index (χ1v) is 8.17. The summed E-state index contributed by atoms with van der Waals surface area (Å²) in [6.07, 6.45) is 0. The van der Waals surface area contributed by atoms with Crippen molar-refractivity contribution in [3.8, 4) is 17.1 Å². The monoisotopic (exact) mass is 352 g/mol. The van der Waals surface area contributed by atoms with Gasteiger partial charge in [-0.15, -0.1) is 0 Å². The maximum atomic E-state index is 11.3. The zero-order valence-corrected chi connectivity index (χ0v) is 14.4. The molecule has 0 aliphatic carbocycles. The normalized spacial score (nSPS) is 10.5. The second kappa shape index (κ2) is 8.33.